The number of carbonyl (C=O) groups excluding carboxylic acids is 1. The molecule has 1 fully saturated rings. The molecule has 0 bridgehead atoms. The largest absolute Gasteiger partial charge is 0.493 e. The Kier molecular flexibility index (Phi) is 5.84. The van der Waals surface area contributed by atoms with E-state index >= 15 is 0 Å². The van der Waals surface area contributed by atoms with Crippen molar-refractivity contribution in [3.8, 4) is 5.75 Å². The van der Waals surface area contributed by atoms with Crippen molar-refractivity contribution in [3.05, 3.63) is 59.7 Å². The molecule has 2 aromatic carbocycles. The highest BCUT2D eigenvalue weighted by atomic mass is 32.2. The lowest BCUT2D eigenvalue weighted by Gasteiger charge is -2.26. The molecule has 0 aliphatic carbocycles. The van der Waals surface area contributed by atoms with Crippen molar-refractivity contribution in [2.45, 2.75) is 36.3 Å². The van der Waals surface area contributed by atoms with Crippen molar-refractivity contribution in [1.29, 1.82) is 0 Å². The van der Waals surface area contributed by atoms with Gasteiger partial charge in [-0.1, -0.05) is 24.3 Å². The second-order valence-corrected chi connectivity index (χ2v) is 8.98. The number of sulfonamides is 1. The van der Waals surface area contributed by atoms with Gasteiger partial charge in [0.05, 0.1) is 23.6 Å². The van der Waals surface area contributed by atoms with E-state index in [1.807, 2.05) is 24.3 Å². The van der Waals surface area contributed by atoms with E-state index in [9.17, 15) is 13.2 Å². The first-order valence-corrected chi connectivity index (χ1v) is 11.3. The Morgan fingerprint density at radius 3 is 2.76 bits per heavy atom. The third-order valence-corrected chi connectivity index (χ3v) is 6.62. The predicted octanol–water partition coefficient (Wildman–Crippen LogP) is 2.40. The molecular weight excluding hydrogens is 392 g/mol. The van der Waals surface area contributed by atoms with E-state index in [4.69, 9.17) is 9.47 Å². The summed E-state index contributed by atoms with van der Waals surface area (Å²) in [6, 6.07) is 13.5. The molecule has 0 radical (unpaired) electrons. The smallest absolute Gasteiger partial charge is 0.251 e. The maximum Gasteiger partial charge on any atom is 0.251 e. The number of hydrogen-bond donors (Lipinski definition) is 2. The Morgan fingerprint density at radius 1 is 1.07 bits per heavy atom. The van der Waals surface area contributed by atoms with E-state index in [-0.39, 0.29) is 29.5 Å². The van der Waals surface area contributed by atoms with E-state index in [0.29, 0.717) is 25.2 Å². The summed E-state index contributed by atoms with van der Waals surface area (Å²) in [5.41, 5.74) is 1.23. The molecule has 2 aliphatic rings. The molecule has 2 N–H and O–H groups in total. The first-order valence-electron chi connectivity index (χ1n) is 9.77. The molecule has 2 aliphatic heterocycles. The highest BCUT2D eigenvalue weighted by Gasteiger charge is 2.24. The maximum atomic E-state index is 12.8. The van der Waals surface area contributed by atoms with Crippen molar-refractivity contribution in [3.63, 3.8) is 0 Å². The number of ether oxygens (including phenoxy) is 2. The minimum absolute atomic E-state index is 0.0653. The monoisotopic (exact) mass is 416 g/mol. The minimum atomic E-state index is -3.72. The summed E-state index contributed by atoms with van der Waals surface area (Å²) in [5.74, 6) is 0.446. The molecule has 2 atom stereocenters. The highest BCUT2D eigenvalue weighted by Crippen LogP contribution is 2.31. The van der Waals surface area contributed by atoms with Gasteiger partial charge in [0.15, 0.2) is 0 Å². The minimum Gasteiger partial charge on any atom is -0.493 e. The zero-order valence-electron chi connectivity index (χ0n) is 16.0. The molecule has 1 saturated heterocycles. The topological polar surface area (TPSA) is 93.7 Å². The van der Waals surface area contributed by atoms with Crippen molar-refractivity contribution in [2.75, 3.05) is 19.8 Å². The van der Waals surface area contributed by atoms with Crippen LogP contribution in [0.15, 0.2) is 53.4 Å². The van der Waals surface area contributed by atoms with Gasteiger partial charge in [-0.15, -0.1) is 0 Å². The van der Waals surface area contributed by atoms with Crippen LogP contribution < -0.4 is 14.8 Å². The van der Waals surface area contributed by atoms with E-state index < -0.39 is 10.0 Å². The maximum absolute atomic E-state index is 12.8. The van der Waals surface area contributed by atoms with Gasteiger partial charge in [-0.05, 0) is 37.1 Å². The molecule has 2 aromatic rings. The Morgan fingerprint density at radius 2 is 1.93 bits per heavy atom. The first-order chi connectivity index (χ1) is 14.0. The van der Waals surface area contributed by atoms with Crippen LogP contribution in [0, 0.1) is 0 Å². The summed E-state index contributed by atoms with van der Waals surface area (Å²) >= 11 is 0. The number of amides is 1. The normalized spacial score (nSPS) is 21.2. The zero-order valence-corrected chi connectivity index (χ0v) is 16.8. The third-order valence-electron chi connectivity index (χ3n) is 5.20. The van der Waals surface area contributed by atoms with Gasteiger partial charge >= 0.3 is 0 Å². The standard InChI is InChI=1S/C21H24N2O5S/c24-21(23-19-10-12-28-20-9-2-1-8-18(19)20)15-5-3-7-17(13-15)29(25,26)22-14-16-6-4-11-27-16/h1-3,5,7-9,13,16,19,22H,4,6,10-12,14H2,(H,23,24)/t16-,19-/m1/s1. The van der Waals surface area contributed by atoms with Crippen molar-refractivity contribution >= 4 is 15.9 Å². The highest BCUT2D eigenvalue weighted by molar-refractivity contribution is 7.89. The predicted molar refractivity (Wildman–Crippen MR) is 107 cm³/mol. The van der Waals surface area contributed by atoms with E-state index in [0.717, 1.165) is 24.2 Å². The Balaban J connectivity index is 1.46. The second kappa shape index (κ2) is 8.52. The van der Waals surface area contributed by atoms with E-state index in [1.54, 1.807) is 12.1 Å². The summed E-state index contributed by atoms with van der Waals surface area (Å²) < 4.78 is 38.9. The number of carbonyl (C=O) groups is 1. The van der Waals surface area contributed by atoms with Crippen LogP contribution in [-0.2, 0) is 14.8 Å². The number of fused-ring (bicyclic) bond motifs is 1. The molecule has 0 unspecified atom stereocenters. The number of benzene rings is 2. The van der Waals surface area contributed by atoms with Crippen LogP contribution in [0.5, 0.6) is 5.75 Å². The number of hydrogen-bond acceptors (Lipinski definition) is 5. The van der Waals surface area contributed by atoms with Gasteiger partial charge in [0.25, 0.3) is 5.91 Å². The van der Waals surface area contributed by atoms with Crippen molar-refractivity contribution in [2.24, 2.45) is 0 Å². The summed E-state index contributed by atoms with van der Waals surface area (Å²) in [6.45, 7) is 1.42. The van der Waals surface area contributed by atoms with Gasteiger partial charge in [-0.2, -0.15) is 0 Å². The first kappa shape index (κ1) is 19.9. The summed E-state index contributed by atoms with van der Waals surface area (Å²) in [6.07, 6.45) is 2.35. The SMILES string of the molecule is O=C(N[C@@H]1CCOc2ccccc21)c1cccc(S(=O)(=O)NC[C@H]2CCCO2)c1. The lowest BCUT2D eigenvalue weighted by molar-refractivity contribution is 0.0924. The van der Waals surface area contributed by atoms with Crippen molar-refractivity contribution < 1.29 is 22.7 Å². The Labute approximate surface area is 170 Å². The molecule has 0 aromatic heterocycles. The molecule has 0 saturated carbocycles. The molecule has 7 nitrogen and oxygen atoms in total. The molecule has 2 heterocycles. The number of rotatable bonds is 6. The van der Waals surface area contributed by atoms with Crippen LogP contribution in [0.3, 0.4) is 0 Å². The molecule has 1 amide bonds. The van der Waals surface area contributed by atoms with Gasteiger partial charge in [-0.25, -0.2) is 13.1 Å². The second-order valence-electron chi connectivity index (χ2n) is 7.22. The Hall–Kier alpha value is -2.42. The Bertz CT molecular complexity index is 986. The van der Waals surface area contributed by atoms with Crippen molar-refractivity contribution in [1.82, 2.24) is 10.0 Å². The number of nitrogens with one attached hydrogen (secondary N) is 2. The summed E-state index contributed by atoms with van der Waals surface area (Å²) in [7, 11) is -3.72. The molecule has 4 rings (SSSR count). The van der Waals surface area contributed by atoms with Crippen LogP contribution in [0.4, 0.5) is 0 Å². The van der Waals surface area contributed by atoms with E-state index in [1.165, 1.54) is 12.1 Å². The lowest BCUT2D eigenvalue weighted by Crippen LogP contribution is -2.33. The fraction of sp³-hybridized carbons (Fsp3) is 0.381. The van der Waals surface area contributed by atoms with Crippen LogP contribution in [0.2, 0.25) is 0 Å². The van der Waals surface area contributed by atoms with Gasteiger partial charge in [0, 0.05) is 30.7 Å². The van der Waals surface area contributed by atoms with Gasteiger partial charge in [-0.3, -0.25) is 4.79 Å². The molecule has 154 valence electrons. The molecule has 8 heteroatoms. The van der Waals surface area contributed by atoms with Gasteiger partial charge < -0.3 is 14.8 Å². The molecular formula is C21H24N2O5S. The number of para-hydroxylation sites is 1. The molecule has 29 heavy (non-hydrogen) atoms. The van der Waals surface area contributed by atoms with Gasteiger partial charge in [0.1, 0.15) is 5.75 Å². The van der Waals surface area contributed by atoms with Crippen LogP contribution >= 0.6 is 0 Å². The van der Waals surface area contributed by atoms with Crippen LogP contribution in [-0.4, -0.2) is 40.2 Å². The average molecular weight is 416 g/mol. The molecule has 0 spiro atoms. The fourth-order valence-corrected chi connectivity index (χ4v) is 4.74. The quantitative estimate of drug-likeness (QED) is 0.754. The third kappa shape index (κ3) is 4.60. The average Bonchev–Trinajstić information content (AvgIpc) is 3.26. The summed E-state index contributed by atoms with van der Waals surface area (Å²) in [4.78, 5) is 12.8. The summed E-state index contributed by atoms with van der Waals surface area (Å²) in [5, 5.41) is 2.99. The lowest BCUT2D eigenvalue weighted by atomic mass is 10.00. The van der Waals surface area contributed by atoms with E-state index in [2.05, 4.69) is 10.0 Å². The van der Waals surface area contributed by atoms with Crippen LogP contribution in [0.25, 0.3) is 0 Å². The van der Waals surface area contributed by atoms with Crippen LogP contribution in [0.1, 0.15) is 41.2 Å². The van der Waals surface area contributed by atoms with Gasteiger partial charge in [0.2, 0.25) is 10.0 Å². The zero-order chi connectivity index (χ0) is 20.3. The fourth-order valence-electron chi connectivity index (χ4n) is 3.63.